The molecule has 0 spiro atoms. The summed E-state index contributed by atoms with van der Waals surface area (Å²) in [6.45, 7) is 4.00. The van der Waals surface area contributed by atoms with E-state index in [9.17, 15) is 0 Å². The molecule has 0 radical (unpaired) electrons. The zero-order valence-electron chi connectivity index (χ0n) is 10.2. The van der Waals surface area contributed by atoms with Crippen LogP contribution in [0.5, 0.6) is 0 Å². The van der Waals surface area contributed by atoms with Gasteiger partial charge >= 0.3 is 0 Å². The molecule has 0 fully saturated rings. The largest absolute Gasteiger partial charge is 0.331 e. The molecule has 0 aliphatic rings. The van der Waals surface area contributed by atoms with Crippen LogP contribution < -0.4 is 16.2 Å². The number of aromatic nitrogens is 1. The molecule has 0 aliphatic carbocycles. The minimum Gasteiger partial charge on any atom is -0.331 e. The van der Waals surface area contributed by atoms with E-state index < -0.39 is 0 Å². The summed E-state index contributed by atoms with van der Waals surface area (Å²) < 4.78 is 0. The van der Waals surface area contributed by atoms with Gasteiger partial charge in [0.1, 0.15) is 0 Å². The lowest BCUT2D eigenvalue weighted by Crippen LogP contribution is -2.33. The summed E-state index contributed by atoms with van der Waals surface area (Å²) in [4.78, 5) is 4.26. The first kappa shape index (κ1) is 12.8. The zero-order valence-corrected chi connectivity index (χ0v) is 11.8. The Morgan fingerprint density at radius 3 is 2.56 bits per heavy atom. The SMILES string of the molecule is Cc1ccc(NC(=S)NNc2nc(C)cs2)cc1. The summed E-state index contributed by atoms with van der Waals surface area (Å²) in [6, 6.07) is 8.03. The van der Waals surface area contributed by atoms with Crippen molar-refractivity contribution in [3.05, 3.63) is 40.9 Å². The van der Waals surface area contributed by atoms with Crippen LogP contribution in [0.4, 0.5) is 10.8 Å². The van der Waals surface area contributed by atoms with Crippen LogP contribution in [-0.4, -0.2) is 10.1 Å². The lowest BCUT2D eigenvalue weighted by molar-refractivity contribution is 1.11. The van der Waals surface area contributed by atoms with Crippen LogP contribution in [0.25, 0.3) is 0 Å². The number of hydrogen-bond acceptors (Lipinski definition) is 4. The summed E-state index contributed by atoms with van der Waals surface area (Å²) in [6.07, 6.45) is 0. The Balaban J connectivity index is 1.83. The fourth-order valence-electron chi connectivity index (χ4n) is 1.32. The normalized spacial score (nSPS) is 9.89. The summed E-state index contributed by atoms with van der Waals surface area (Å²) >= 11 is 6.69. The van der Waals surface area contributed by atoms with Gasteiger partial charge in [0.2, 0.25) is 5.13 Å². The second kappa shape index (κ2) is 5.79. The summed E-state index contributed by atoms with van der Waals surface area (Å²) in [7, 11) is 0. The van der Waals surface area contributed by atoms with E-state index in [-0.39, 0.29) is 0 Å². The molecule has 1 aromatic heterocycles. The number of hydrazine groups is 1. The van der Waals surface area contributed by atoms with E-state index in [0.29, 0.717) is 5.11 Å². The molecule has 0 amide bonds. The van der Waals surface area contributed by atoms with E-state index in [0.717, 1.165) is 16.5 Å². The standard InChI is InChI=1S/C12H14N4S2/c1-8-3-5-10(6-4-8)14-11(17)15-16-12-13-9(2)7-18-12/h3-7H,1-2H3,(H,13,16)(H2,14,15,17). The first-order valence-corrected chi connectivity index (χ1v) is 6.74. The van der Waals surface area contributed by atoms with Crippen molar-refractivity contribution in [2.75, 3.05) is 10.7 Å². The van der Waals surface area contributed by atoms with Crippen LogP contribution >= 0.6 is 23.6 Å². The Morgan fingerprint density at radius 1 is 1.22 bits per heavy atom. The number of anilines is 2. The maximum absolute atomic E-state index is 5.17. The summed E-state index contributed by atoms with van der Waals surface area (Å²) in [5.74, 6) is 0. The molecule has 1 heterocycles. The zero-order chi connectivity index (χ0) is 13.0. The molecule has 0 saturated heterocycles. The van der Waals surface area contributed by atoms with Crippen molar-refractivity contribution in [3.8, 4) is 0 Å². The molecular formula is C12H14N4S2. The summed E-state index contributed by atoms with van der Waals surface area (Å²) in [5.41, 5.74) is 9.00. The highest BCUT2D eigenvalue weighted by molar-refractivity contribution is 7.80. The first-order valence-electron chi connectivity index (χ1n) is 5.45. The van der Waals surface area contributed by atoms with Gasteiger partial charge in [0.15, 0.2) is 5.11 Å². The third-order valence-electron chi connectivity index (χ3n) is 2.21. The molecule has 1 aromatic carbocycles. The van der Waals surface area contributed by atoms with Gasteiger partial charge in [0, 0.05) is 11.1 Å². The molecule has 4 nitrogen and oxygen atoms in total. The number of benzene rings is 1. The molecule has 18 heavy (non-hydrogen) atoms. The van der Waals surface area contributed by atoms with Crippen LogP contribution in [0.3, 0.4) is 0 Å². The molecule has 0 unspecified atom stereocenters. The number of thiocarbonyl (C=S) groups is 1. The molecule has 0 atom stereocenters. The van der Waals surface area contributed by atoms with Gasteiger partial charge in [-0.3, -0.25) is 10.9 Å². The molecule has 94 valence electrons. The Hall–Kier alpha value is -1.66. The molecule has 3 N–H and O–H groups in total. The molecule has 2 aromatic rings. The number of nitrogens with zero attached hydrogens (tertiary/aromatic N) is 1. The number of thiazole rings is 1. The Labute approximate surface area is 115 Å². The second-order valence-corrected chi connectivity index (χ2v) is 5.13. The maximum atomic E-state index is 5.17. The van der Waals surface area contributed by atoms with Gasteiger partial charge in [-0.25, -0.2) is 4.98 Å². The van der Waals surface area contributed by atoms with E-state index in [1.165, 1.54) is 16.9 Å². The van der Waals surface area contributed by atoms with Crippen LogP contribution in [0, 0.1) is 13.8 Å². The van der Waals surface area contributed by atoms with Gasteiger partial charge < -0.3 is 5.32 Å². The van der Waals surface area contributed by atoms with Crippen molar-refractivity contribution in [1.82, 2.24) is 10.4 Å². The quantitative estimate of drug-likeness (QED) is 0.595. The number of hydrogen-bond donors (Lipinski definition) is 3. The topological polar surface area (TPSA) is 49.0 Å². The van der Waals surface area contributed by atoms with Crippen LogP contribution in [0.15, 0.2) is 29.6 Å². The fourth-order valence-corrected chi connectivity index (χ4v) is 2.13. The maximum Gasteiger partial charge on any atom is 0.201 e. The highest BCUT2D eigenvalue weighted by Crippen LogP contribution is 2.13. The van der Waals surface area contributed by atoms with Crippen molar-refractivity contribution >= 4 is 39.5 Å². The Morgan fingerprint density at radius 2 is 1.94 bits per heavy atom. The highest BCUT2D eigenvalue weighted by Gasteiger charge is 1.99. The van der Waals surface area contributed by atoms with Crippen molar-refractivity contribution in [1.29, 1.82) is 0 Å². The van der Waals surface area contributed by atoms with Gasteiger partial charge in [-0.05, 0) is 38.2 Å². The lowest BCUT2D eigenvalue weighted by Gasteiger charge is -2.10. The van der Waals surface area contributed by atoms with E-state index in [4.69, 9.17) is 12.2 Å². The second-order valence-electron chi connectivity index (χ2n) is 3.86. The number of nitrogens with one attached hydrogen (secondary N) is 3. The summed E-state index contributed by atoms with van der Waals surface area (Å²) in [5, 5.41) is 6.35. The Bertz CT molecular complexity index is 533. The minimum atomic E-state index is 0.506. The van der Waals surface area contributed by atoms with Crippen LogP contribution in [0.2, 0.25) is 0 Å². The predicted molar refractivity (Wildman–Crippen MR) is 81.0 cm³/mol. The first-order chi connectivity index (χ1) is 8.63. The van der Waals surface area contributed by atoms with E-state index in [1.54, 1.807) is 0 Å². The van der Waals surface area contributed by atoms with Crippen LogP contribution in [-0.2, 0) is 0 Å². The third kappa shape index (κ3) is 3.68. The molecule has 0 saturated carbocycles. The smallest absolute Gasteiger partial charge is 0.201 e. The average Bonchev–Trinajstić information content (AvgIpc) is 2.76. The molecule has 2 rings (SSSR count). The van der Waals surface area contributed by atoms with E-state index in [2.05, 4.69) is 21.2 Å². The number of rotatable bonds is 3. The van der Waals surface area contributed by atoms with Crippen molar-refractivity contribution in [3.63, 3.8) is 0 Å². The third-order valence-corrected chi connectivity index (χ3v) is 3.29. The van der Waals surface area contributed by atoms with E-state index >= 15 is 0 Å². The Kier molecular flexibility index (Phi) is 4.11. The molecule has 0 aliphatic heterocycles. The molecule has 0 bridgehead atoms. The van der Waals surface area contributed by atoms with Gasteiger partial charge in [0.05, 0.1) is 5.69 Å². The average molecular weight is 278 g/mol. The van der Waals surface area contributed by atoms with Crippen molar-refractivity contribution < 1.29 is 0 Å². The van der Waals surface area contributed by atoms with Crippen LogP contribution in [0.1, 0.15) is 11.3 Å². The monoisotopic (exact) mass is 278 g/mol. The molecule has 6 heteroatoms. The van der Waals surface area contributed by atoms with Gasteiger partial charge in [-0.15, -0.1) is 11.3 Å². The highest BCUT2D eigenvalue weighted by atomic mass is 32.1. The minimum absolute atomic E-state index is 0.506. The van der Waals surface area contributed by atoms with Gasteiger partial charge in [-0.2, -0.15) is 0 Å². The lowest BCUT2D eigenvalue weighted by atomic mass is 10.2. The van der Waals surface area contributed by atoms with E-state index in [1.807, 2.05) is 43.5 Å². The predicted octanol–water partition coefficient (Wildman–Crippen LogP) is 3.07. The molecular weight excluding hydrogens is 264 g/mol. The van der Waals surface area contributed by atoms with Gasteiger partial charge in [-0.1, -0.05) is 17.7 Å². The fraction of sp³-hybridized carbons (Fsp3) is 0.167. The van der Waals surface area contributed by atoms with Crippen molar-refractivity contribution in [2.45, 2.75) is 13.8 Å². The van der Waals surface area contributed by atoms with Gasteiger partial charge in [0.25, 0.3) is 0 Å². The van der Waals surface area contributed by atoms with Crippen molar-refractivity contribution in [2.24, 2.45) is 0 Å². The number of aryl methyl sites for hydroxylation is 2.